The summed E-state index contributed by atoms with van der Waals surface area (Å²) in [5.41, 5.74) is 5.17. The SMILES string of the molecule is CC(C)(CCOCc1ccco1)C(=N)N. The second-order valence-electron chi connectivity index (χ2n) is 4.18. The molecule has 1 aromatic heterocycles. The lowest BCUT2D eigenvalue weighted by Crippen LogP contribution is -2.31. The Morgan fingerprint density at radius 2 is 2.33 bits per heavy atom. The molecule has 0 aliphatic heterocycles. The molecule has 0 aliphatic carbocycles. The van der Waals surface area contributed by atoms with Gasteiger partial charge in [-0.15, -0.1) is 0 Å². The van der Waals surface area contributed by atoms with E-state index in [1.54, 1.807) is 6.26 Å². The molecule has 0 unspecified atom stereocenters. The number of nitrogens with one attached hydrogen (secondary N) is 1. The van der Waals surface area contributed by atoms with Crippen molar-refractivity contribution < 1.29 is 9.15 Å². The minimum atomic E-state index is -0.289. The predicted molar refractivity (Wildman–Crippen MR) is 58.7 cm³/mol. The van der Waals surface area contributed by atoms with Crippen molar-refractivity contribution in [2.75, 3.05) is 6.61 Å². The van der Waals surface area contributed by atoms with Gasteiger partial charge in [-0.3, -0.25) is 5.41 Å². The van der Waals surface area contributed by atoms with E-state index in [1.807, 2.05) is 26.0 Å². The Morgan fingerprint density at radius 3 is 2.87 bits per heavy atom. The molecule has 1 heterocycles. The Bertz CT molecular complexity index is 304. The summed E-state index contributed by atoms with van der Waals surface area (Å²) in [6.45, 7) is 4.92. The average Bonchev–Trinajstić information content (AvgIpc) is 2.64. The molecule has 0 saturated carbocycles. The summed E-state index contributed by atoms with van der Waals surface area (Å²) < 4.78 is 10.5. The molecule has 0 radical (unpaired) electrons. The second-order valence-corrected chi connectivity index (χ2v) is 4.18. The Morgan fingerprint density at radius 1 is 1.60 bits per heavy atom. The van der Waals surface area contributed by atoms with Gasteiger partial charge in [0.05, 0.1) is 12.1 Å². The van der Waals surface area contributed by atoms with Gasteiger partial charge in [0.25, 0.3) is 0 Å². The summed E-state index contributed by atoms with van der Waals surface area (Å²) in [4.78, 5) is 0. The van der Waals surface area contributed by atoms with Crippen LogP contribution in [0.2, 0.25) is 0 Å². The summed E-state index contributed by atoms with van der Waals surface area (Å²) in [5.74, 6) is 1.01. The Balaban J connectivity index is 2.19. The molecule has 4 heteroatoms. The summed E-state index contributed by atoms with van der Waals surface area (Å²) in [5, 5.41) is 7.38. The van der Waals surface area contributed by atoms with Gasteiger partial charge in [-0.2, -0.15) is 0 Å². The number of hydrogen-bond acceptors (Lipinski definition) is 3. The van der Waals surface area contributed by atoms with Gasteiger partial charge < -0.3 is 14.9 Å². The van der Waals surface area contributed by atoms with Crippen molar-refractivity contribution in [1.82, 2.24) is 0 Å². The van der Waals surface area contributed by atoms with Crippen LogP contribution in [-0.4, -0.2) is 12.4 Å². The van der Waals surface area contributed by atoms with E-state index >= 15 is 0 Å². The van der Waals surface area contributed by atoms with Gasteiger partial charge in [-0.25, -0.2) is 0 Å². The highest BCUT2D eigenvalue weighted by Gasteiger charge is 2.20. The standard InChI is InChI=1S/C11H18N2O2/c1-11(2,10(12)13)5-7-14-8-9-4-3-6-15-9/h3-4,6H,5,7-8H2,1-2H3,(H3,12,13). The molecule has 3 N–H and O–H groups in total. The topological polar surface area (TPSA) is 72.2 Å². The molecule has 1 rings (SSSR count). The summed E-state index contributed by atoms with van der Waals surface area (Å²) in [6, 6.07) is 3.70. The zero-order chi connectivity index (χ0) is 11.3. The fourth-order valence-corrected chi connectivity index (χ4v) is 1.03. The van der Waals surface area contributed by atoms with Crippen molar-refractivity contribution in [2.45, 2.75) is 26.9 Å². The third kappa shape index (κ3) is 3.75. The molecule has 0 saturated heterocycles. The van der Waals surface area contributed by atoms with E-state index in [9.17, 15) is 0 Å². The quantitative estimate of drug-likeness (QED) is 0.429. The van der Waals surface area contributed by atoms with E-state index < -0.39 is 0 Å². The fraction of sp³-hybridized carbons (Fsp3) is 0.545. The number of furan rings is 1. The molecule has 0 atom stereocenters. The molecule has 84 valence electrons. The van der Waals surface area contributed by atoms with Crippen LogP contribution in [0.25, 0.3) is 0 Å². The van der Waals surface area contributed by atoms with Gasteiger partial charge in [-0.1, -0.05) is 13.8 Å². The summed E-state index contributed by atoms with van der Waals surface area (Å²) in [6.07, 6.45) is 2.36. The Labute approximate surface area is 89.9 Å². The van der Waals surface area contributed by atoms with Crippen LogP contribution in [0.4, 0.5) is 0 Å². The second kappa shape index (κ2) is 4.98. The van der Waals surface area contributed by atoms with Gasteiger partial charge in [0.1, 0.15) is 12.4 Å². The minimum absolute atomic E-state index is 0.198. The maximum Gasteiger partial charge on any atom is 0.129 e. The van der Waals surface area contributed by atoms with E-state index in [-0.39, 0.29) is 11.3 Å². The van der Waals surface area contributed by atoms with Gasteiger partial charge in [0.2, 0.25) is 0 Å². The maximum absolute atomic E-state index is 7.38. The highest BCUT2D eigenvalue weighted by molar-refractivity contribution is 5.82. The normalized spacial score (nSPS) is 11.6. The van der Waals surface area contributed by atoms with Crippen LogP contribution in [0, 0.1) is 10.8 Å². The van der Waals surface area contributed by atoms with E-state index in [0.29, 0.717) is 13.2 Å². The van der Waals surface area contributed by atoms with Crippen LogP contribution in [0.15, 0.2) is 22.8 Å². The zero-order valence-corrected chi connectivity index (χ0v) is 9.25. The van der Waals surface area contributed by atoms with Crippen LogP contribution in [0.3, 0.4) is 0 Å². The van der Waals surface area contributed by atoms with Crippen LogP contribution in [0.1, 0.15) is 26.0 Å². The molecule has 0 spiro atoms. The Kier molecular flexibility index (Phi) is 3.91. The lowest BCUT2D eigenvalue weighted by atomic mass is 9.89. The van der Waals surface area contributed by atoms with Crippen molar-refractivity contribution >= 4 is 5.84 Å². The third-order valence-corrected chi connectivity index (χ3v) is 2.42. The maximum atomic E-state index is 7.38. The first-order valence-corrected chi connectivity index (χ1v) is 4.97. The van der Waals surface area contributed by atoms with Gasteiger partial charge in [0.15, 0.2) is 0 Å². The number of amidine groups is 1. The van der Waals surface area contributed by atoms with Gasteiger partial charge in [0, 0.05) is 12.0 Å². The molecule has 0 aromatic carbocycles. The van der Waals surface area contributed by atoms with E-state index in [2.05, 4.69) is 0 Å². The van der Waals surface area contributed by atoms with Crippen molar-refractivity contribution in [1.29, 1.82) is 5.41 Å². The highest BCUT2D eigenvalue weighted by Crippen LogP contribution is 2.19. The number of ether oxygens (including phenoxy) is 1. The fourth-order valence-electron chi connectivity index (χ4n) is 1.03. The minimum Gasteiger partial charge on any atom is -0.467 e. The third-order valence-electron chi connectivity index (χ3n) is 2.42. The Hall–Kier alpha value is -1.29. The van der Waals surface area contributed by atoms with Crippen molar-refractivity contribution in [2.24, 2.45) is 11.1 Å². The predicted octanol–water partition coefficient (Wildman–Crippen LogP) is 2.15. The molecular weight excluding hydrogens is 192 g/mol. The van der Waals surface area contributed by atoms with Gasteiger partial charge >= 0.3 is 0 Å². The molecule has 1 aromatic rings. The molecule has 0 fully saturated rings. The van der Waals surface area contributed by atoms with Crippen molar-refractivity contribution in [3.05, 3.63) is 24.2 Å². The van der Waals surface area contributed by atoms with Crippen LogP contribution < -0.4 is 5.73 Å². The first-order chi connectivity index (χ1) is 7.02. The van der Waals surface area contributed by atoms with Crippen LogP contribution in [0.5, 0.6) is 0 Å². The highest BCUT2D eigenvalue weighted by atomic mass is 16.5. The molecule has 0 aliphatic rings. The van der Waals surface area contributed by atoms with Crippen molar-refractivity contribution in [3.8, 4) is 0 Å². The first kappa shape index (κ1) is 11.8. The molecule has 15 heavy (non-hydrogen) atoms. The lowest BCUT2D eigenvalue weighted by Gasteiger charge is -2.22. The lowest BCUT2D eigenvalue weighted by molar-refractivity contribution is 0.0910. The number of rotatable bonds is 6. The molecule has 0 amide bonds. The molecular formula is C11H18N2O2. The van der Waals surface area contributed by atoms with E-state index in [0.717, 1.165) is 12.2 Å². The van der Waals surface area contributed by atoms with Crippen LogP contribution in [-0.2, 0) is 11.3 Å². The number of nitrogens with two attached hydrogens (primary N) is 1. The number of hydrogen-bond donors (Lipinski definition) is 2. The van der Waals surface area contributed by atoms with E-state index in [4.69, 9.17) is 20.3 Å². The zero-order valence-electron chi connectivity index (χ0n) is 9.25. The molecule has 4 nitrogen and oxygen atoms in total. The van der Waals surface area contributed by atoms with Crippen molar-refractivity contribution in [3.63, 3.8) is 0 Å². The van der Waals surface area contributed by atoms with Crippen LogP contribution >= 0.6 is 0 Å². The van der Waals surface area contributed by atoms with E-state index in [1.165, 1.54) is 0 Å². The average molecular weight is 210 g/mol. The summed E-state index contributed by atoms with van der Waals surface area (Å²) >= 11 is 0. The summed E-state index contributed by atoms with van der Waals surface area (Å²) in [7, 11) is 0. The molecule has 0 bridgehead atoms. The van der Waals surface area contributed by atoms with Gasteiger partial charge in [-0.05, 0) is 18.6 Å². The first-order valence-electron chi connectivity index (χ1n) is 4.97. The monoisotopic (exact) mass is 210 g/mol. The smallest absolute Gasteiger partial charge is 0.129 e. The largest absolute Gasteiger partial charge is 0.467 e.